The van der Waals surface area contributed by atoms with Crippen LogP contribution in [0, 0.1) is 4.77 Å². The lowest BCUT2D eigenvalue weighted by atomic mass is 10.5. The molecule has 2 heterocycles. The van der Waals surface area contributed by atoms with Gasteiger partial charge in [-0.3, -0.25) is 9.67 Å². The zero-order valence-electron chi connectivity index (χ0n) is 8.01. The van der Waals surface area contributed by atoms with Crippen LogP contribution in [-0.4, -0.2) is 38.1 Å². The highest BCUT2D eigenvalue weighted by molar-refractivity contribution is 7.71. The third-order valence-corrected chi connectivity index (χ3v) is 2.83. The van der Waals surface area contributed by atoms with Crippen molar-refractivity contribution in [3.05, 3.63) is 11.0 Å². The van der Waals surface area contributed by atoms with Crippen LogP contribution in [0.25, 0.3) is 10.7 Å². The van der Waals surface area contributed by atoms with Crippen LogP contribution in [0.4, 0.5) is 0 Å². The van der Waals surface area contributed by atoms with E-state index in [0.717, 1.165) is 10.7 Å². The molecule has 0 fully saturated rings. The molecule has 0 amide bonds. The number of rotatable bonds is 4. The van der Waals surface area contributed by atoms with Gasteiger partial charge in [0.15, 0.2) is 10.6 Å². The Morgan fingerprint density at radius 3 is 3.20 bits per heavy atom. The molecule has 0 saturated heterocycles. The van der Waals surface area contributed by atoms with Gasteiger partial charge in [0.1, 0.15) is 4.88 Å². The fourth-order valence-electron chi connectivity index (χ4n) is 1.16. The number of hydrogen-bond donors (Lipinski definition) is 1. The number of H-pyrrole nitrogens is 1. The summed E-state index contributed by atoms with van der Waals surface area (Å²) in [5, 5.41) is 10.6. The van der Waals surface area contributed by atoms with Crippen LogP contribution in [0.3, 0.4) is 0 Å². The molecule has 2 rings (SSSR count). The number of ether oxygens (including phenoxy) is 1. The summed E-state index contributed by atoms with van der Waals surface area (Å²) < 4.78 is 11.2. The third-order valence-electron chi connectivity index (χ3n) is 1.86. The van der Waals surface area contributed by atoms with Gasteiger partial charge in [-0.15, -0.1) is 5.10 Å². The molecule has 0 saturated carbocycles. The summed E-state index contributed by atoms with van der Waals surface area (Å²) in [5.74, 6) is 0.757. The first-order valence-corrected chi connectivity index (χ1v) is 5.43. The van der Waals surface area contributed by atoms with E-state index in [1.807, 2.05) is 4.57 Å². The lowest BCUT2D eigenvalue weighted by Gasteiger charge is -2.02. The largest absolute Gasteiger partial charge is 0.383 e. The normalized spacial score (nSPS) is 10.7. The first-order chi connectivity index (χ1) is 7.33. The summed E-state index contributed by atoms with van der Waals surface area (Å²) in [4.78, 5) is 0.887. The summed E-state index contributed by atoms with van der Waals surface area (Å²) in [6, 6.07) is 0. The molecule has 0 aliphatic rings. The third kappa shape index (κ3) is 2.11. The van der Waals surface area contributed by atoms with E-state index in [0.29, 0.717) is 17.9 Å². The average molecular weight is 243 g/mol. The van der Waals surface area contributed by atoms with Gasteiger partial charge < -0.3 is 4.74 Å². The first-order valence-electron chi connectivity index (χ1n) is 4.25. The van der Waals surface area contributed by atoms with Crippen LogP contribution >= 0.6 is 23.8 Å². The number of aromatic amines is 1. The number of hydrogen-bond acceptors (Lipinski definition) is 6. The molecule has 2 aromatic heterocycles. The second kappa shape index (κ2) is 4.60. The molecule has 80 valence electrons. The van der Waals surface area contributed by atoms with Gasteiger partial charge in [0.05, 0.1) is 19.3 Å². The fraction of sp³-hybridized carbons (Fsp3) is 0.429. The summed E-state index contributed by atoms with van der Waals surface area (Å²) in [6.07, 6.45) is 1.67. The summed E-state index contributed by atoms with van der Waals surface area (Å²) in [6.45, 7) is 1.26. The standard InChI is InChI=1S/C7H9N5OS2/c1-13-3-2-12-6(9-10-7(12)14)5-4-8-11-15-5/h4H,2-3H2,1H3,(H,10,14). The summed E-state index contributed by atoms with van der Waals surface area (Å²) in [5.41, 5.74) is 0. The fourth-order valence-corrected chi connectivity index (χ4v) is 1.90. The van der Waals surface area contributed by atoms with Crippen molar-refractivity contribution in [3.8, 4) is 10.7 Å². The number of aromatic nitrogens is 5. The SMILES string of the molecule is COCCn1c(-c2cnns2)n[nH]c1=S. The van der Waals surface area contributed by atoms with Gasteiger partial charge in [-0.05, 0) is 23.8 Å². The van der Waals surface area contributed by atoms with Crippen molar-refractivity contribution in [2.45, 2.75) is 6.54 Å². The monoisotopic (exact) mass is 243 g/mol. The van der Waals surface area contributed by atoms with Crippen molar-refractivity contribution in [2.24, 2.45) is 0 Å². The quantitative estimate of drug-likeness (QED) is 0.814. The van der Waals surface area contributed by atoms with Gasteiger partial charge in [-0.1, -0.05) is 4.49 Å². The van der Waals surface area contributed by atoms with E-state index in [1.165, 1.54) is 11.5 Å². The van der Waals surface area contributed by atoms with Crippen molar-refractivity contribution >= 4 is 23.8 Å². The highest BCUT2D eigenvalue weighted by Gasteiger charge is 2.10. The maximum atomic E-state index is 5.11. The van der Waals surface area contributed by atoms with Gasteiger partial charge in [-0.25, -0.2) is 0 Å². The van der Waals surface area contributed by atoms with Crippen LogP contribution in [0.5, 0.6) is 0 Å². The topological polar surface area (TPSA) is 68.6 Å². The zero-order chi connectivity index (χ0) is 10.7. The smallest absolute Gasteiger partial charge is 0.195 e. The van der Waals surface area contributed by atoms with Gasteiger partial charge in [0, 0.05) is 7.11 Å². The van der Waals surface area contributed by atoms with Crippen molar-refractivity contribution in [1.29, 1.82) is 0 Å². The molecule has 15 heavy (non-hydrogen) atoms. The van der Waals surface area contributed by atoms with Crippen molar-refractivity contribution in [1.82, 2.24) is 24.4 Å². The van der Waals surface area contributed by atoms with Crippen LogP contribution in [0.15, 0.2) is 6.20 Å². The Morgan fingerprint density at radius 1 is 1.67 bits per heavy atom. The predicted molar refractivity (Wildman–Crippen MR) is 58.2 cm³/mol. The van der Waals surface area contributed by atoms with Gasteiger partial charge >= 0.3 is 0 Å². The Morgan fingerprint density at radius 2 is 2.53 bits per heavy atom. The first kappa shape index (κ1) is 10.4. The molecule has 0 atom stereocenters. The molecule has 0 radical (unpaired) electrons. The Labute approximate surface area is 95.1 Å². The van der Waals surface area contributed by atoms with Gasteiger partial charge in [0.2, 0.25) is 0 Å². The molecular formula is C7H9N5OS2. The molecule has 6 nitrogen and oxygen atoms in total. The van der Waals surface area contributed by atoms with Gasteiger partial charge in [-0.2, -0.15) is 5.10 Å². The molecule has 0 unspecified atom stereocenters. The molecule has 2 aromatic rings. The number of nitrogens with zero attached hydrogens (tertiary/aromatic N) is 4. The highest BCUT2D eigenvalue weighted by Crippen LogP contribution is 2.19. The number of nitrogens with one attached hydrogen (secondary N) is 1. The van der Waals surface area contributed by atoms with Crippen molar-refractivity contribution in [2.75, 3.05) is 13.7 Å². The van der Waals surface area contributed by atoms with E-state index < -0.39 is 0 Å². The van der Waals surface area contributed by atoms with E-state index in [9.17, 15) is 0 Å². The minimum absolute atomic E-state index is 0.579. The van der Waals surface area contributed by atoms with E-state index in [1.54, 1.807) is 13.3 Å². The molecule has 8 heteroatoms. The van der Waals surface area contributed by atoms with Crippen LogP contribution in [0.1, 0.15) is 0 Å². The van der Waals surface area contributed by atoms with E-state index >= 15 is 0 Å². The van der Waals surface area contributed by atoms with E-state index in [4.69, 9.17) is 17.0 Å². The molecule has 1 N–H and O–H groups in total. The van der Waals surface area contributed by atoms with Gasteiger partial charge in [0.25, 0.3) is 0 Å². The lowest BCUT2D eigenvalue weighted by molar-refractivity contribution is 0.187. The molecule has 0 spiro atoms. The molecular weight excluding hydrogens is 234 g/mol. The Hall–Kier alpha value is -1.12. The zero-order valence-corrected chi connectivity index (χ0v) is 9.64. The summed E-state index contributed by atoms with van der Waals surface area (Å²) >= 11 is 6.40. The second-order valence-corrected chi connectivity index (χ2v) is 3.95. The average Bonchev–Trinajstić information content (AvgIpc) is 2.84. The van der Waals surface area contributed by atoms with Crippen LogP contribution in [0.2, 0.25) is 0 Å². The Kier molecular flexibility index (Phi) is 3.19. The highest BCUT2D eigenvalue weighted by atomic mass is 32.1. The van der Waals surface area contributed by atoms with Crippen LogP contribution < -0.4 is 0 Å². The van der Waals surface area contributed by atoms with Crippen molar-refractivity contribution in [3.63, 3.8) is 0 Å². The molecule has 0 aliphatic heterocycles. The molecule has 0 aliphatic carbocycles. The van der Waals surface area contributed by atoms with E-state index in [-0.39, 0.29) is 0 Å². The maximum absolute atomic E-state index is 5.11. The predicted octanol–water partition coefficient (Wildman–Crippen LogP) is 1.11. The minimum atomic E-state index is 0.579. The molecule has 0 bridgehead atoms. The van der Waals surface area contributed by atoms with Crippen LogP contribution in [-0.2, 0) is 11.3 Å². The van der Waals surface area contributed by atoms with E-state index in [2.05, 4.69) is 19.8 Å². The molecule has 0 aromatic carbocycles. The lowest BCUT2D eigenvalue weighted by Crippen LogP contribution is -2.05. The maximum Gasteiger partial charge on any atom is 0.195 e. The Bertz CT molecular complexity index is 474. The second-order valence-electron chi connectivity index (χ2n) is 2.78. The Balaban J connectivity index is 2.36. The summed E-state index contributed by atoms with van der Waals surface area (Å²) in [7, 11) is 1.65. The number of methoxy groups -OCH3 is 1. The van der Waals surface area contributed by atoms with Crippen molar-refractivity contribution < 1.29 is 4.74 Å². The minimum Gasteiger partial charge on any atom is -0.383 e.